The average Bonchev–Trinajstić information content (AvgIpc) is 2.88. The number of ether oxygens (including phenoxy) is 2. The van der Waals surface area contributed by atoms with E-state index in [1.165, 1.54) is 26.4 Å². The van der Waals surface area contributed by atoms with Crippen LogP contribution >= 0.6 is 0 Å². The summed E-state index contributed by atoms with van der Waals surface area (Å²) in [4.78, 5) is 0.145. The van der Waals surface area contributed by atoms with Crippen LogP contribution in [0.5, 0.6) is 11.5 Å². The van der Waals surface area contributed by atoms with Crippen LogP contribution in [0.25, 0.3) is 0 Å². The van der Waals surface area contributed by atoms with Crippen molar-refractivity contribution in [2.24, 2.45) is 0 Å². The molecule has 1 heterocycles. The van der Waals surface area contributed by atoms with E-state index >= 15 is 0 Å². The number of benzene rings is 1. The minimum absolute atomic E-state index is 0.145. The summed E-state index contributed by atoms with van der Waals surface area (Å²) in [7, 11) is -0.621. The van der Waals surface area contributed by atoms with Crippen molar-refractivity contribution in [3.63, 3.8) is 0 Å². The van der Waals surface area contributed by atoms with Crippen LogP contribution in [-0.2, 0) is 16.6 Å². The van der Waals surface area contributed by atoms with E-state index in [2.05, 4.69) is 9.82 Å². The maximum absolute atomic E-state index is 12.4. The smallest absolute Gasteiger partial charge is 0.240 e. The highest BCUT2D eigenvalue weighted by molar-refractivity contribution is 7.89. The molecule has 8 heteroatoms. The van der Waals surface area contributed by atoms with Gasteiger partial charge in [-0.05, 0) is 38.5 Å². The maximum atomic E-state index is 12.4. The molecule has 132 valence electrons. The zero-order valence-electron chi connectivity index (χ0n) is 14.4. The molecule has 1 aromatic carbocycles. The van der Waals surface area contributed by atoms with E-state index in [0.29, 0.717) is 31.0 Å². The zero-order chi connectivity index (χ0) is 17.7. The van der Waals surface area contributed by atoms with Gasteiger partial charge in [-0.1, -0.05) is 0 Å². The Hall–Kier alpha value is -2.06. The number of aryl methyl sites for hydroxylation is 3. The van der Waals surface area contributed by atoms with Crippen molar-refractivity contribution in [2.45, 2.75) is 31.7 Å². The van der Waals surface area contributed by atoms with Gasteiger partial charge in [-0.25, -0.2) is 13.1 Å². The van der Waals surface area contributed by atoms with Crippen LogP contribution in [0.3, 0.4) is 0 Å². The lowest BCUT2D eigenvalue weighted by Crippen LogP contribution is -2.25. The van der Waals surface area contributed by atoms with Crippen LogP contribution in [0.1, 0.15) is 17.8 Å². The molecule has 0 saturated carbocycles. The second-order valence-electron chi connectivity index (χ2n) is 5.42. The number of nitrogens with zero attached hydrogens (tertiary/aromatic N) is 2. The topological polar surface area (TPSA) is 82.5 Å². The van der Waals surface area contributed by atoms with Gasteiger partial charge in [0.25, 0.3) is 0 Å². The Morgan fingerprint density at radius 3 is 2.42 bits per heavy atom. The van der Waals surface area contributed by atoms with Gasteiger partial charge in [-0.3, -0.25) is 4.68 Å². The number of nitrogens with one attached hydrogen (secondary N) is 1. The van der Waals surface area contributed by atoms with Crippen LogP contribution in [0.4, 0.5) is 0 Å². The van der Waals surface area contributed by atoms with E-state index in [1.807, 2.05) is 24.6 Å². The summed E-state index contributed by atoms with van der Waals surface area (Å²) in [5.74, 6) is 0.865. The molecule has 0 unspecified atom stereocenters. The van der Waals surface area contributed by atoms with E-state index in [1.54, 1.807) is 6.07 Å². The summed E-state index contributed by atoms with van der Waals surface area (Å²) in [6.45, 7) is 4.90. The summed E-state index contributed by atoms with van der Waals surface area (Å²) in [6.07, 6.45) is 0.647. The number of methoxy groups -OCH3 is 2. The average molecular weight is 353 g/mol. The molecule has 0 aliphatic rings. The first-order chi connectivity index (χ1) is 11.4. The summed E-state index contributed by atoms with van der Waals surface area (Å²) < 4.78 is 39.4. The Bertz CT molecular complexity index is 800. The molecular weight excluding hydrogens is 330 g/mol. The second-order valence-corrected chi connectivity index (χ2v) is 7.19. The minimum Gasteiger partial charge on any atom is -0.493 e. The highest BCUT2D eigenvalue weighted by atomic mass is 32.2. The van der Waals surface area contributed by atoms with Crippen LogP contribution in [0.15, 0.2) is 29.2 Å². The van der Waals surface area contributed by atoms with Crippen molar-refractivity contribution >= 4 is 10.0 Å². The highest BCUT2D eigenvalue weighted by Crippen LogP contribution is 2.29. The molecule has 0 amide bonds. The standard InChI is InChI=1S/C16H23N3O4S/c1-12-10-13(2)19(18-12)9-5-8-17-24(20,21)14-6-7-15(22-3)16(11-14)23-4/h6-7,10-11,17H,5,8-9H2,1-4H3. The number of sulfonamides is 1. The van der Waals surface area contributed by atoms with E-state index in [0.717, 1.165) is 11.4 Å². The minimum atomic E-state index is -3.59. The first-order valence-electron chi connectivity index (χ1n) is 7.60. The van der Waals surface area contributed by atoms with Gasteiger partial charge in [0.2, 0.25) is 10.0 Å². The van der Waals surface area contributed by atoms with Crippen molar-refractivity contribution in [1.82, 2.24) is 14.5 Å². The molecule has 1 aromatic heterocycles. The third-order valence-corrected chi connectivity index (χ3v) is 5.07. The third kappa shape index (κ3) is 4.27. The van der Waals surface area contributed by atoms with Gasteiger partial charge in [0.05, 0.1) is 24.8 Å². The van der Waals surface area contributed by atoms with Crippen molar-refractivity contribution in [2.75, 3.05) is 20.8 Å². The molecule has 24 heavy (non-hydrogen) atoms. The quantitative estimate of drug-likeness (QED) is 0.733. The fourth-order valence-corrected chi connectivity index (χ4v) is 3.49. The summed E-state index contributed by atoms with van der Waals surface area (Å²) in [6, 6.07) is 6.50. The summed E-state index contributed by atoms with van der Waals surface area (Å²) in [5, 5.41) is 4.35. The van der Waals surface area contributed by atoms with E-state index < -0.39 is 10.0 Å². The first kappa shape index (κ1) is 18.3. The van der Waals surface area contributed by atoms with E-state index in [9.17, 15) is 8.42 Å². The normalized spacial score (nSPS) is 11.5. The molecule has 0 aliphatic carbocycles. The molecule has 0 radical (unpaired) electrons. The predicted octanol–water partition coefficient (Wildman–Crippen LogP) is 1.89. The SMILES string of the molecule is COc1ccc(S(=O)(=O)NCCCn2nc(C)cc2C)cc1OC. The van der Waals surface area contributed by atoms with Crippen LogP contribution < -0.4 is 14.2 Å². The molecule has 0 fully saturated rings. The van der Waals surface area contributed by atoms with Crippen LogP contribution in [0.2, 0.25) is 0 Å². The fourth-order valence-electron chi connectivity index (χ4n) is 2.40. The predicted molar refractivity (Wildman–Crippen MR) is 91.1 cm³/mol. The molecule has 7 nitrogen and oxygen atoms in total. The Morgan fingerprint density at radius 2 is 1.83 bits per heavy atom. The lowest BCUT2D eigenvalue weighted by atomic mass is 10.3. The van der Waals surface area contributed by atoms with Gasteiger partial charge >= 0.3 is 0 Å². The molecule has 2 aromatic rings. The van der Waals surface area contributed by atoms with Gasteiger partial charge in [0, 0.05) is 24.8 Å². The summed E-state index contributed by atoms with van der Waals surface area (Å²) in [5.41, 5.74) is 2.02. The maximum Gasteiger partial charge on any atom is 0.240 e. The number of rotatable bonds is 8. The Morgan fingerprint density at radius 1 is 1.12 bits per heavy atom. The van der Waals surface area contributed by atoms with Crippen molar-refractivity contribution in [1.29, 1.82) is 0 Å². The Kier molecular flexibility index (Phi) is 5.84. The van der Waals surface area contributed by atoms with Crippen molar-refractivity contribution < 1.29 is 17.9 Å². The van der Waals surface area contributed by atoms with Gasteiger partial charge in [0.1, 0.15) is 0 Å². The number of hydrogen-bond acceptors (Lipinski definition) is 5. The fraction of sp³-hybridized carbons (Fsp3) is 0.438. The molecular formula is C16H23N3O4S. The number of aromatic nitrogens is 2. The van der Waals surface area contributed by atoms with Crippen LogP contribution in [-0.4, -0.2) is 39.0 Å². The molecule has 0 spiro atoms. The van der Waals surface area contributed by atoms with Gasteiger partial charge < -0.3 is 9.47 Å². The Labute approximate surface area is 142 Å². The summed E-state index contributed by atoms with van der Waals surface area (Å²) >= 11 is 0. The van der Waals surface area contributed by atoms with Gasteiger partial charge in [-0.2, -0.15) is 5.10 Å². The molecule has 0 bridgehead atoms. The highest BCUT2D eigenvalue weighted by Gasteiger charge is 2.16. The third-order valence-electron chi connectivity index (χ3n) is 3.61. The molecule has 2 rings (SSSR count). The van der Waals surface area contributed by atoms with Crippen molar-refractivity contribution in [3.8, 4) is 11.5 Å². The van der Waals surface area contributed by atoms with Gasteiger partial charge in [-0.15, -0.1) is 0 Å². The van der Waals surface area contributed by atoms with Crippen LogP contribution in [0, 0.1) is 13.8 Å². The lowest BCUT2D eigenvalue weighted by molar-refractivity contribution is 0.354. The van der Waals surface area contributed by atoms with Crippen molar-refractivity contribution in [3.05, 3.63) is 35.7 Å². The molecule has 1 N–H and O–H groups in total. The lowest BCUT2D eigenvalue weighted by Gasteiger charge is -2.11. The van der Waals surface area contributed by atoms with E-state index in [4.69, 9.17) is 9.47 Å². The monoisotopic (exact) mass is 353 g/mol. The Balaban J connectivity index is 1.97. The zero-order valence-corrected chi connectivity index (χ0v) is 15.2. The van der Waals surface area contributed by atoms with E-state index in [-0.39, 0.29) is 4.90 Å². The number of hydrogen-bond donors (Lipinski definition) is 1. The molecule has 0 aliphatic heterocycles. The first-order valence-corrected chi connectivity index (χ1v) is 9.08. The largest absolute Gasteiger partial charge is 0.493 e. The second kappa shape index (κ2) is 7.67. The van der Waals surface area contributed by atoms with Gasteiger partial charge in [0.15, 0.2) is 11.5 Å². The molecule has 0 atom stereocenters. The molecule has 0 saturated heterocycles.